The summed E-state index contributed by atoms with van der Waals surface area (Å²) in [4.78, 5) is 40.0. The van der Waals surface area contributed by atoms with Crippen molar-refractivity contribution >= 4 is 25.0 Å². The van der Waals surface area contributed by atoms with E-state index in [2.05, 4.69) is 12.1 Å². The molecule has 1 amide bonds. The zero-order valence-corrected chi connectivity index (χ0v) is 25.2. The monoisotopic (exact) mass is 561 g/mol. The normalized spacial score (nSPS) is 22.4. The van der Waals surface area contributed by atoms with Gasteiger partial charge in [0.2, 0.25) is 19.6 Å². The summed E-state index contributed by atoms with van der Waals surface area (Å²) in [5.74, 6) is -0.106. The lowest BCUT2D eigenvalue weighted by molar-refractivity contribution is -0.169. The van der Waals surface area contributed by atoms with Crippen LogP contribution >= 0.6 is 7.37 Å². The fourth-order valence-electron chi connectivity index (χ4n) is 5.95. The molecule has 7 nitrogen and oxygen atoms in total. The third-order valence-electron chi connectivity index (χ3n) is 8.25. The van der Waals surface area contributed by atoms with Crippen LogP contribution in [0.2, 0.25) is 0 Å². The molecule has 1 heterocycles. The van der Waals surface area contributed by atoms with Crippen molar-refractivity contribution in [3.05, 3.63) is 35.9 Å². The Kier molecular flexibility index (Phi) is 12.2. The third kappa shape index (κ3) is 9.56. The number of aryl methyl sites for hydroxylation is 1. The fraction of sp³-hybridized carbons (Fsp3) is 0.710. The molecule has 0 aromatic heterocycles. The number of amides is 1. The number of hydrogen-bond donors (Lipinski definition) is 0. The number of ketones is 1. The van der Waals surface area contributed by atoms with Gasteiger partial charge in [0.1, 0.15) is 6.16 Å². The van der Waals surface area contributed by atoms with Crippen LogP contribution in [-0.4, -0.2) is 53.8 Å². The smallest absolute Gasteiger partial charge is 0.307 e. The second-order valence-electron chi connectivity index (χ2n) is 11.8. The molecule has 0 bridgehead atoms. The van der Waals surface area contributed by atoms with E-state index in [0.717, 1.165) is 25.7 Å². The number of benzene rings is 1. The van der Waals surface area contributed by atoms with E-state index < -0.39 is 25.7 Å². The summed E-state index contributed by atoms with van der Waals surface area (Å²) in [6.45, 7) is 7.48. The molecule has 39 heavy (non-hydrogen) atoms. The quantitative estimate of drug-likeness (QED) is 0.110. The number of esters is 1. The molecule has 0 unspecified atom stereocenters. The van der Waals surface area contributed by atoms with Crippen molar-refractivity contribution in [3.8, 4) is 0 Å². The fourth-order valence-corrected chi connectivity index (χ4v) is 8.25. The number of likely N-dealkylation sites (tertiary alicyclic amines) is 1. The number of carbonyl (C=O) groups is 3. The maximum absolute atomic E-state index is 14.3. The molecule has 1 saturated heterocycles. The average molecular weight is 562 g/mol. The SMILES string of the molecule is CCC(=O)O[C@H](O[P@](=O)(CCCCc1ccccc1)CC(=O)N1C[C@H](C2CCCCC2)C[C@H]1C(C)=O)C(C)C. The van der Waals surface area contributed by atoms with Gasteiger partial charge in [0.05, 0.1) is 6.04 Å². The first kappa shape index (κ1) is 31.5. The van der Waals surface area contributed by atoms with Gasteiger partial charge in [0.15, 0.2) is 5.78 Å². The van der Waals surface area contributed by atoms with Gasteiger partial charge in [-0.1, -0.05) is 83.2 Å². The van der Waals surface area contributed by atoms with Crippen LogP contribution in [0.3, 0.4) is 0 Å². The Morgan fingerprint density at radius 1 is 1.03 bits per heavy atom. The summed E-state index contributed by atoms with van der Waals surface area (Å²) < 4.78 is 25.8. The molecular formula is C31H48NO6P. The summed E-state index contributed by atoms with van der Waals surface area (Å²) in [6, 6.07) is 9.65. The highest BCUT2D eigenvalue weighted by Gasteiger charge is 2.43. The van der Waals surface area contributed by atoms with E-state index >= 15 is 0 Å². The van der Waals surface area contributed by atoms with Crippen LogP contribution in [0.25, 0.3) is 0 Å². The van der Waals surface area contributed by atoms with Crippen LogP contribution in [0.5, 0.6) is 0 Å². The Balaban J connectivity index is 1.73. The largest absolute Gasteiger partial charge is 0.435 e. The molecule has 1 aliphatic carbocycles. The van der Waals surface area contributed by atoms with Crippen molar-refractivity contribution in [1.82, 2.24) is 4.90 Å². The minimum Gasteiger partial charge on any atom is -0.435 e. The Hall–Kier alpha value is -1.98. The Morgan fingerprint density at radius 2 is 1.72 bits per heavy atom. The summed E-state index contributed by atoms with van der Waals surface area (Å²) in [6.07, 6.45) is 8.08. The van der Waals surface area contributed by atoms with E-state index in [9.17, 15) is 18.9 Å². The van der Waals surface area contributed by atoms with E-state index in [1.807, 2.05) is 32.0 Å². The molecule has 0 N–H and O–H groups in total. The number of unbranched alkanes of at least 4 members (excludes halogenated alkanes) is 1. The predicted molar refractivity (Wildman–Crippen MR) is 154 cm³/mol. The number of carbonyl (C=O) groups excluding carboxylic acids is 3. The molecule has 1 aromatic rings. The molecule has 2 fully saturated rings. The molecule has 1 aliphatic heterocycles. The van der Waals surface area contributed by atoms with E-state index in [1.54, 1.807) is 18.7 Å². The molecule has 218 valence electrons. The molecule has 1 saturated carbocycles. The van der Waals surface area contributed by atoms with Crippen molar-refractivity contribution in [3.63, 3.8) is 0 Å². The molecule has 1 aromatic carbocycles. The number of hydrogen-bond acceptors (Lipinski definition) is 6. The highest BCUT2D eigenvalue weighted by Crippen LogP contribution is 2.51. The lowest BCUT2D eigenvalue weighted by Crippen LogP contribution is -2.41. The predicted octanol–water partition coefficient (Wildman–Crippen LogP) is 6.63. The Bertz CT molecular complexity index is 990. The van der Waals surface area contributed by atoms with Crippen molar-refractivity contribution in [2.24, 2.45) is 17.8 Å². The molecule has 0 spiro atoms. The lowest BCUT2D eigenvalue weighted by atomic mass is 9.79. The minimum absolute atomic E-state index is 0.0165. The maximum atomic E-state index is 14.3. The molecular weight excluding hydrogens is 513 g/mol. The van der Waals surface area contributed by atoms with Crippen molar-refractivity contribution in [2.45, 2.75) is 104 Å². The topological polar surface area (TPSA) is 90.0 Å². The van der Waals surface area contributed by atoms with Gasteiger partial charge in [0, 0.05) is 25.0 Å². The lowest BCUT2D eigenvalue weighted by Gasteiger charge is -2.30. The van der Waals surface area contributed by atoms with Gasteiger partial charge < -0.3 is 9.64 Å². The van der Waals surface area contributed by atoms with E-state index in [0.29, 0.717) is 31.2 Å². The number of ether oxygens (including phenoxy) is 1. The minimum atomic E-state index is -3.51. The molecule has 4 atom stereocenters. The van der Waals surface area contributed by atoms with Crippen LogP contribution in [0.1, 0.15) is 91.0 Å². The van der Waals surface area contributed by atoms with Crippen LogP contribution in [0.4, 0.5) is 0 Å². The molecule has 8 heteroatoms. The Morgan fingerprint density at radius 3 is 2.33 bits per heavy atom. The van der Waals surface area contributed by atoms with Gasteiger partial charge >= 0.3 is 5.97 Å². The first-order valence-electron chi connectivity index (χ1n) is 14.9. The van der Waals surface area contributed by atoms with Gasteiger partial charge in [-0.05, 0) is 50.0 Å². The number of rotatable bonds is 14. The van der Waals surface area contributed by atoms with Gasteiger partial charge in [-0.15, -0.1) is 0 Å². The van der Waals surface area contributed by atoms with Crippen molar-refractivity contribution in [1.29, 1.82) is 0 Å². The van der Waals surface area contributed by atoms with E-state index in [4.69, 9.17) is 9.26 Å². The standard InChI is InChI=1S/C31H48NO6P/c1-5-30(35)37-31(23(2)3)38-39(36,19-13-12-16-25-14-8-6-9-15-25)22-29(34)32-21-27(20-28(32)24(4)33)26-17-10-7-11-18-26/h6,8-9,14-15,23,26-28,31H,5,7,10-13,16-22H2,1-4H3/t27-,28+,31-,39-/m1/s1. The van der Waals surface area contributed by atoms with Crippen LogP contribution in [0, 0.1) is 17.8 Å². The first-order chi connectivity index (χ1) is 18.6. The summed E-state index contributed by atoms with van der Waals surface area (Å²) in [5.41, 5.74) is 1.20. The zero-order chi connectivity index (χ0) is 28.4. The van der Waals surface area contributed by atoms with Crippen LogP contribution < -0.4 is 0 Å². The van der Waals surface area contributed by atoms with Gasteiger partial charge in [-0.2, -0.15) is 0 Å². The maximum Gasteiger partial charge on any atom is 0.307 e. The van der Waals surface area contributed by atoms with E-state index in [1.165, 1.54) is 24.8 Å². The second-order valence-corrected chi connectivity index (χ2v) is 14.4. The third-order valence-corrected chi connectivity index (χ3v) is 10.6. The zero-order valence-electron chi connectivity index (χ0n) is 24.3. The number of Topliss-reactive ketones (excluding diaryl/α,β-unsaturated/α-hetero) is 1. The average Bonchev–Trinajstić information content (AvgIpc) is 3.38. The Labute approximate surface area is 234 Å². The highest BCUT2D eigenvalue weighted by molar-refractivity contribution is 7.59. The second kappa shape index (κ2) is 15.1. The first-order valence-corrected chi connectivity index (χ1v) is 16.9. The van der Waals surface area contributed by atoms with Crippen molar-refractivity contribution < 1.29 is 28.2 Å². The highest BCUT2D eigenvalue weighted by atomic mass is 31.2. The summed E-state index contributed by atoms with van der Waals surface area (Å²) in [5, 5.41) is 0. The van der Waals surface area contributed by atoms with E-state index in [-0.39, 0.29) is 36.4 Å². The van der Waals surface area contributed by atoms with Crippen LogP contribution in [0.15, 0.2) is 30.3 Å². The summed E-state index contributed by atoms with van der Waals surface area (Å²) >= 11 is 0. The van der Waals surface area contributed by atoms with Gasteiger partial charge in [-0.3, -0.25) is 23.5 Å². The van der Waals surface area contributed by atoms with Gasteiger partial charge in [-0.25, -0.2) is 0 Å². The number of nitrogens with zero attached hydrogens (tertiary/aromatic N) is 1. The van der Waals surface area contributed by atoms with Gasteiger partial charge in [0.25, 0.3) is 0 Å². The molecule has 2 aliphatic rings. The molecule has 3 rings (SSSR count). The van der Waals surface area contributed by atoms with Crippen LogP contribution in [-0.2, 0) is 34.6 Å². The summed E-state index contributed by atoms with van der Waals surface area (Å²) in [7, 11) is -3.51. The molecule has 0 radical (unpaired) electrons. The van der Waals surface area contributed by atoms with Crippen molar-refractivity contribution in [2.75, 3.05) is 18.9 Å².